The Morgan fingerprint density at radius 2 is 1.53 bits per heavy atom. The third-order valence-electron chi connectivity index (χ3n) is 7.60. The fourth-order valence-corrected chi connectivity index (χ4v) is 6.57. The van der Waals surface area contributed by atoms with E-state index in [4.69, 9.17) is 51.6 Å². The van der Waals surface area contributed by atoms with Gasteiger partial charge in [0.15, 0.2) is 23.0 Å². The van der Waals surface area contributed by atoms with Gasteiger partial charge in [0.25, 0.3) is 0 Å². The molecule has 3 atom stereocenters. The number of allylic oxidation sites excluding steroid dienone is 1. The molecule has 3 aromatic rings. The highest BCUT2D eigenvalue weighted by molar-refractivity contribution is 7.99. The third-order valence-corrected chi connectivity index (χ3v) is 9.30. The summed E-state index contributed by atoms with van der Waals surface area (Å²) in [6.07, 6.45) is 5.41. The Kier molecular flexibility index (Phi) is 13.4. The molecule has 1 aliphatic rings. The lowest BCUT2D eigenvalue weighted by molar-refractivity contribution is -0.154. The minimum atomic E-state index is -0.379. The number of carbonyl (C=O) groups excluding carboxylic acids is 1. The standard InChI is InChI=1S/C35H41Cl2NO8S/c1-7-9-33(39)38(40)15-8-10-22-16-23(17-30(41-3)34(22)45-21(2)47-25-11-12-26(36)27(37)20-25)28-13-14-29(46-28)24-18-31(42-4)35(44-6)32(19-24)43-5/h8,11-12,15-21,28-29,40H,7,9-10,13-14H2,1-6H3/b15-8+. The van der Waals surface area contributed by atoms with Crippen LogP contribution in [0.3, 0.4) is 0 Å². The largest absolute Gasteiger partial charge is 0.493 e. The van der Waals surface area contributed by atoms with Gasteiger partial charge in [-0.3, -0.25) is 10.0 Å². The number of carbonyl (C=O) groups is 1. The molecule has 0 aromatic heterocycles. The number of rotatable bonds is 15. The molecule has 1 aliphatic heterocycles. The molecule has 4 rings (SSSR count). The summed E-state index contributed by atoms with van der Waals surface area (Å²) >= 11 is 13.8. The first-order valence-corrected chi connectivity index (χ1v) is 16.9. The first-order chi connectivity index (χ1) is 22.6. The second-order valence-electron chi connectivity index (χ2n) is 10.8. The van der Waals surface area contributed by atoms with Gasteiger partial charge in [0, 0.05) is 23.1 Å². The van der Waals surface area contributed by atoms with Gasteiger partial charge in [0.2, 0.25) is 11.7 Å². The van der Waals surface area contributed by atoms with Crippen molar-refractivity contribution in [3.8, 4) is 28.7 Å². The topological polar surface area (TPSA) is 95.9 Å². The molecule has 0 spiro atoms. The van der Waals surface area contributed by atoms with Gasteiger partial charge in [-0.05, 0) is 86.2 Å². The van der Waals surface area contributed by atoms with Gasteiger partial charge in [-0.25, -0.2) is 0 Å². The summed E-state index contributed by atoms with van der Waals surface area (Å²) in [6, 6.07) is 13.2. The molecule has 3 unspecified atom stereocenters. The highest BCUT2D eigenvalue weighted by Gasteiger charge is 2.31. The molecule has 3 aromatic carbocycles. The van der Waals surface area contributed by atoms with Gasteiger partial charge >= 0.3 is 0 Å². The van der Waals surface area contributed by atoms with Crippen LogP contribution < -0.4 is 23.7 Å². The predicted octanol–water partition coefficient (Wildman–Crippen LogP) is 9.21. The van der Waals surface area contributed by atoms with Crippen LogP contribution in [-0.2, 0) is 16.0 Å². The number of hydrogen-bond donors (Lipinski definition) is 1. The lowest BCUT2D eigenvalue weighted by atomic mass is 9.99. The molecule has 254 valence electrons. The monoisotopic (exact) mass is 705 g/mol. The summed E-state index contributed by atoms with van der Waals surface area (Å²) in [4.78, 5) is 13.0. The number of hydroxylamine groups is 2. The molecule has 0 aliphatic carbocycles. The molecule has 1 N–H and O–H groups in total. The van der Waals surface area contributed by atoms with Crippen LogP contribution in [0.1, 0.15) is 68.4 Å². The SMILES string of the molecule is CCCC(=O)N(O)/C=C/Cc1cc(C2CCC(c3cc(OC)c(OC)c(OC)c3)O2)cc(OC)c1OC(C)Sc1ccc(Cl)c(Cl)c1. The first-order valence-electron chi connectivity index (χ1n) is 15.2. The van der Waals surface area contributed by atoms with Crippen LogP contribution >= 0.6 is 35.0 Å². The van der Waals surface area contributed by atoms with Crippen molar-refractivity contribution in [1.29, 1.82) is 0 Å². The molecule has 1 fully saturated rings. The highest BCUT2D eigenvalue weighted by atomic mass is 35.5. The fraction of sp³-hybridized carbons (Fsp3) is 0.400. The summed E-state index contributed by atoms with van der Waals surface area (Å²) < 4.78 is 35.5. The maximum absolute atomic E-state index is 12.1. The van der Waals surface area contributed by atoms with E-state index in [2.05, 4.69) is 0 Å². The lowest BCUT2D eigenvalue weighted by Crippen LogP contribution is -2.20. The van der Waals surface area contributed by atoms with Gasteiger partial charge in [-0.1, -0.05) is 48.0 Å². The summed E-state index contributed by atoms with van der Waals surface area (Å²) in [5.41, 5.74) is 2.31. The van der Waals surface area contributed by atoms with Gasteiger partial charge in [0.1, 0.15) is 5.44 Å². The fourth-order valence-electron chi connectivity index (χ4n) is 5.34. The van der Waals surface area contributed by atoms with E-state index >= 15 is 0 Å². The molecule has 1 heterocycles. The third kappa shape index (κ3) is 9.21. The molecule has 0 saturated carbocycles. The number of methoxy groups -OCH3 is 4. The van der Waals surface area contributed by atoms with Crippen LogP contribution in [0, 0.1) is 0 Å². The van der Waals surface area contributed by atoms with Gasteiger partial charge in [-0.15, -0.1) is 0 Å². The number of amides is 1. The van der Waals surface area contributed by atoms with Crippen LogP contribution in [0.2, 0.25) is 10.0 Å². The van der Waals surface area contributed by atoms with Crippen LogP contribution in [-0.4, -0.2) is 50.1 Å². The van der Waals surface area contributed by atoms with Crippen molar-refractivity contribution in [2.45, 2.75) is 68.5 Å². The van der Waals surface area contributed by atoms with Crippen LogP contribution in [0.25, 0.3) is 0 Å². The smallest absolute Gasteiger partial charge is 0.250 e. The summed E-state index contributed by atoms with van der Waals surface area (Å²) in [7, 11) is 6.34. The number of benzene rings is 3. The number of thioether (sulfide) groups is 1. The van der Waals surface area contributed by atoms with Crippen molar-refractivity contribution in [2.24, 2.45) is 0 Å². The second kappa shape index (κ2) is 17.2. The second-order valence-corrected chi connectivity index (χ2v) is 13.0. The quantitative estimate of drug-likeness (QED) is 0.0718. The molecular weight excluding hydrogens is 665 g/mol. The van der Waals surface area contributed by atoms with Crippen LogP contribution in [0.4, 0.5) is 0 Å². The molecule has 1 amide bonds. The summed E-state index contributed by atoms with van der Waals surface area (Å²) in [5, 5.41) is 11.8. The summed E-state index contributed by atoms with van der Waals surface area (Å²) in [5.74, 6) is 2.36. The van der Waals surface area contributed by atoms with Gasteiger partial charge in [-0.2, -0.15) is 5.06 Å². The highest BCUT2D eigenvalue weighted by Crippen LogP contribution is 2.48. The maximum atomic E-state index is 12.1. The molecule has 1 saturated heterocycles. The zero-order chi connectivity index (χ0) is 34.1. The van der Waals surface area contributed by atoms with Gasteiger partial charge in [0.05, 0.1) is 50.7 Å². The lowest BCUT2D eigenvalue weighted by Gasteiger charge is -2.22. The molecule has 0 bridgehead atoms. The Labute approximate surface area is 290 Å². The van der Waals surface area contributed by atoms with Gasteiger partial charge < -0.3 is 28.4 Å². The Morgan fingerprint density at radius 1 is 0.936 bits per heavy atom. The van der Waals surface area contributed by atoms with E-state index in [-0.39, 0.29) is 30.0 Å². The molecule has 9 nitrogen and oxygen atoms in total. The van der Waals surface area contributed by atoms with E-state index in [1.54, 1.807) is 46.6 Å². The van der Waals surface area contributed by atoms with E-state index in [1.807, 2.05) is 44.2 Å². The Hall–Kier alpha value is -3.28. The normalized spacial score (nSPS) is 16.6. The van der Waals surface area contributed by atoms with Crippen molar-refractivity contribution < 1.29 is 38.4 Å². The minimum absolute atomic E-state index is 0.200. The van der Waals surface area contributed by atoms with E-state index in [9.17, 15) is 10.0 Å². The summed E-state index contributed by atoms with van der Waals surface area (Å²) in [6.45, 7) is 3.81. The van der Waals surface area contributed by atoms with E-state index < -0.39 is 0 Å². The van der Waals surface area contributed by atoms with Crippen LogP contribution in [0.5, 0.6) is 28.7 Å². The van der Waals surface area contributed by atoms with E-state index in [0.717, 1.165) is 34.4 Å². The molecule has 0 radical (unpaired) electrons. The van der Waals surface area contributed by atoms with Crippen molar-refractivity contribution >= 4 is 40.9 Å². The zero-order valence-corrected chi connectivity index (χ0v) is 29.7. The Bertz CT molecular complexity index is 1540. The molecule has 12 heteroatoms. The molecule has 47 heavy (non-hydrogen) atoms. The predicted molar refractivity (Wildman–Crippen MR) is 184 cm³/mol. The number of hydrogen-bond acceptors (Lipinski definition) is 9. The Morgan fingerprint density at radius 3 is 2.09 bits per heavy atom. The van der Waals surface area contributed by atoms with Crippen molar-refractivity contribution in [3.63, 3.8) is 0 Å². The van der Waals surface area contributed by atoms with E-state index in [1.165, 1.54) is 18.0 Å². The zero-order valence-electron chi connectivity index (χ0n) is 27.4. The first kappa shape index (κ1) is 36.6. The average Bonchev–Trinajstić information content (AvgIpc) is 3.56. The number of halogens is 2. The number of ether oxygens (including phenoxy) is 6. The van der Waals surface area contributed by atoms with Crippen molar-refractivity contribution in [1.82, 2.24) is 5.06 Å². The number of nitrogens with zero attached hydrogens (tertiary/aromatic N) is 1. The Balaban J connectivity index is 1.63. The minimum Gasteiger partial charge on any atom is -0.493 e. The molecular formula is C35H41Cl2NO8S. The van der Waals surface area contributed by atoms with Crippen molar-refractivity contribution in [3.05, 3.63) is 81.5 Å². The maximum Gasteiger partial charge on any atom is 0.250 e. The van der Waals surface area contributed by atoms with Crippen molar-refractivity contribution in [2.75, 3.05) is 28.4 Å². The van der Waals surface area contributed by atoms with Crippen LogP contribution in [0.15, 0.2) is 59.6 Å². The average molecular weight is 707 g/mol. The van der Waals surface area contributed by atoms with E-state index in [0.29, 0.717) is 56.7 Å².